The van der Waals surface area contributed by atoms with E-state index in [0.29, 0.717) is 19.7 Å². The molecule has 1 heterocycles. The Bertz CT molecular complexity index is 374. The number of carbonyl (C=O) groups excluding carboxylic acids is 2. The largest absolute Gasteiger partial charge is 0.481 e. The summed E-state index contributed by atoms with van der Waals surface area (Å²) < 4.78 is 5.22. The van der Waals surface area contributed by atoms with Crippen molar-refractivity contribution in [2.24, 2.45) is 5.92 Å². The minimum atomic E-state index is -0.888. The number of aliphatic carboxylic acids is 1. The first kappa shape index (κ1) is 16.4. The van der Waals surface area contributed by atoms with Crippen LogP contribution < -0.4 is 10.6 Å². The Labute approximate surface area is 117 Å². The normalized spacial score (nSPS) is 21.8. The van der Waals surface area contributed by atoms with Crippen molar-refractivity contribution < 1.29 is 24.2 Å². The van der Waals surface area contributed by atoms with E-state index in [1.807, 2.05) is 11.8 Å². The van der Waals surface area contributed by atoms with Crippen LogP contribution >= 0.6 is 0 Å². The van der Waals surface area contributed by atoms with E-state index in [9.17, 15) is 14.4 Å². The number of hydrogen-bond acceptors (Lipinski definition) is 5. The summed E-state index contributed by atoms with van der Waals surface area (Å²) in [5.41, 5.74) is 0. The Balaban J connectivity index is 2.48. The highest BCUT2D eigenvalue weighted by atomic mass is 16.5. The Morgan fingerprint density at radius 3 is 2.60 bits per heavy atom. The number of nitrogens with one attached hydrogen (secondary N) is 2. The second-order valence-electron chi connectivity index (χ2n) is 4.56. The van der Waals surface area contributed by atoms with Crippen LogP contribution in [0.1, 0.15) is 13.3 Å². The van der Waals surface area contributed by atoms with Crippen LogP contribution in [0.15, 0.2) is 0 Å². The summed E-state index contributed by atoms with van der Waals surface area (Å²) in [6.07, 6.45) is 0.129. The molecule has 1 rings (SSSR count). The van der Waals surface area contributed by atoms with Crippen LogP contribution in [0.25, 0.3) is 0 Å². The predicted octanol–water partition coefficient (Wildman–Crippen LogP) is -0.746. The van der Waals surface area contributed by atoms with Gasteiger partial charge in [0.1, 0.15) is 0 Å². The number of nitrogens with zero attached hydrogens (tertiary/aromatic N) is 1. The first-order chi connectivity index (χ1) is 9.49. The van der Waals surface area contributed by atoms with Gasteiger partial charge in [-0.25, -0.2) is 4.79 Å². The van der Waals surface area contributed by atoms with Crippen LogP contribution in [0.3, 0.4) is 0 Å². The standard InChI is InChI=1S/C12H21N3O5/c1-3-15(5-4-10(16)14-12(19)13-2)9-7-20-6-8(9)11(17)18/h8-9H,3-7H2,1-2H3,(H,17,18)(H2,13,14,16,19). The molecule has 0 aromatic rings. The molecule has 0 aromatic carbocycles. The lowest BCUT2D eigenvalue weighted by Crippen LogP contribution is -2.45. The lowest BCUT2D eigenvalue weighted by molar-refractivity contribution is -0.143. The number of hydrogen-bond donors (Lipinski definition) is 3. The molecule has 3 N–H and O–H groups in total. The number of carboxylic acid groups (broad SMARTS) is 1. The number of amides is 3. The van der Waals surface area contributed by atoms with Gasteiger partial charge in [-0.1, -0.05) is 6.92 Å². The first-order valence-electron chi connectivity index (χ1n) is 6.55. The maximum Gasteiger partial charge on any atom is 0.321 e. The molecule has 1 aliphatic rings. The Kier molecular flexibility index (Phi) is 6.40. The first-order valence-corrected chi connectivity index (χ1v) is 6.55. The zero-order valence-electron chi connectivity index (χ0n) is 11.7. The molecule has 3 amide bonds. The van der Waals surface area contributed by atoms with Crippen LogP contribution in [0.2, 0.25) is 0 Å². The van der Waals surface area contributed by atoms with E-state index in [2.05, 4.69) is 10.6 Å². The van der Waals surface area contributed by atoms with Crippen LogP contribution in [0.5, 0.6) is 0 Å². The fraction of sp³-hybridized carbons (Fsp3) is 0.750. The van der Waals surface area contributed by atoms with Gasteiger partial charge in [0.25, 0.3) is 0 Å². The molecule has 1 aliphatic heterocycles. The van der Waals surface area contributed by atoms with E-state index >= 15 is 0 Å². The molecule has 8 nitrogen and oxygen atoms in total. The molecular formula is C12H21N3O5. The summed E-state index contributed by atoms with van der Waals surface area (Å²) >= 11 is 0. The third-order valence-electron chi connectivity index (χ3n) is 3.35. The molecule has 0 aliphatic carbocycles. The van der Waals surface area contributed by atoms with Crippen molar-refractivity contribution in [3.8, 4) is 0 Å². The number of carbonyl (C=O) groups is 3. The second-order valence-corrected chi connectivity index (χ2v) is 4.56. The lowest BCUT2D eigenvalue weighted by Gasteiger charge is -2.28. The monoisotopic (exact) mass is 287 g/mol. The minimum Gasteiger partial charge on any atom is -0.481 e. The number of carboxylic acids is 1. The molecule has 8 heteroatoms. The summed E-state index contributed by atoms with van der Waals surface area (Å²) in [6, 6.07) is -0.782. The van der Waals surface area contributed by atoms with Gasteiger partial charge >= 0.3 is 12.0 Å². The van der Waals surface area contributed by atoms with Gasteiger partial charge in [-0.3, -0.25) is 19.8 Å². The van der Waals surface area contributed by atoms with E-state index < -0.39 is 23.8 Å². The quantitative estimate of drug-likeness (QED) is 0.593. The number of urea groups is 1. The average molecular weight is 287 g/mol. The third-order valence-corrected chi connectivity index (χ3v) is 3.35. The van der Waals surface area contributed by atoms with Crippen molar-refractivity contribution in [1.29, 1.82) is 0 Å². The minimum absolute atomic E-state index is 0.129. The van der Waals surface area contributed by atoms with Gasteiger partial charge in [-0.15, -0.1) is 0 Å². The number of ether oxygens (including phenoxy) is 1. The van der Waals surface area contributed by atoms with E-state index in [1.54, 1.807) is 0 Å². The zero-order valence-corrected chi connectivity index (χ0v) is 11.7. The summed E-state index contributed by atoms with van der Waals surface area (Å²) in [5, 5.41) is 13.6. The molecule has 0 bridgehead atoms. The number of imide groups is 1. The molecular weight excluding hydrogens is 266 g/mol. The number of likely N-dealkylation sites (N-methyl/N-ethyl adjacent to an activating group) is 1. The van der Waals surface area contributed by atoms with Crippen LogP contribution in [-0.2, 0) is 14.3 Å². The molecule has 0 radical (unpaired) electrons. The fourth-order valence-corrected chi connectivity index (χ4v) is 2.19. The van der Waals surface area contributed by atoms with Crippen molar-refractivity contribution in [3.63, 3.8) is 0 Å². The third kappa shape index (κ3) is 4.46. The molecule has 114 valence electrons. The topological polar surface area (TPSA) is 108 Å². The molecule has 1 fully saturated rings. The average Bonchev–Trinajstić information content (AvgIpc) is 2.88. The molecule has 1 saturated heterocycles. The smallest absolute Gasteiger partial charge is 0.321 e. The summed E-state index contributed by atoms with van der Waals surface area (Å²) in [5.74, 6) is -1.86. The second kappa shape index (κ2) is 7.81. The van der Waals surface area contributed by atoms with E-state index in [1.165, 1.54) is 7.05 Å². The van der Waals surface area contributed by atoms with Gasteiger partial charge in [-0.2, -0.15) is 0 Å². The van der Waals surface area contributed by atoms with E-state index in [4.69, 9.17) is 9.84 Å². The van der Waals surface area contributed by atoms with Gasteiger partial charge in [0, 0.05) is 26.1 Å². The van der Waals surface area contributed by atoms with Crippen molar-refractivity contribution in [3.05, 3.63) is 0 Å². The lowest BCUT2D eigenvalue weighted by atomic mass is 10.0. The maximum atomic E-state index is 11.5. The highest BCUT2D eigenvalue weighted by Gasteiger charge is 2.37. The molecule has 20 heavy (non-hydrogen) atoms. The van der Waals surface area contributed by atoms with Crippen LogP contribution in [0, 0.1) is 5.92 Å². The van der Waals surface area contributed by atoms with Crippen molar-refractivity contribution in [2.45, 2.75) is 19.4 Å². The van der Waals surface area contributed by atoms with Crippen molar-refractivity contribution in [1.82, 2.24) is 15.5 Å². The highest BCUT2D eigenvalue weighted by molar-refractivity contribution is 5.94. The van der Waals surface area contributed by atoms with Gasteiger partial charge in [0.15, 0.2) is 0 Å². The zero-order chi connectivity index (χ0) is 15.1. The Hall–Kier alpha value is -1.67. The molecule has 2 atom stereocenters. The molecule has 0 saturated carbocycles. The molecule has 2 unspecified atom stereocenters. The van der Waals surface area contributed by atoms with Crippen molar-refractivity contribution >= 4 is 17.9 Å². The van der Waals surface area contributed by atoms with Crippen LogP contribution in [0.4, 0.5) is 4.79 Å². The van der Waals surface area contributed by atoms with Gasteiger partial charge in [0.2, 0.25) is 5.91 Å². The Morgan fingerprint density at radius 2 is 2.05 bits per heavy atom. The fourth-order valence-electron chi connectivity index (χ4n) is 2.19. The SMILES string of the molecule is CCN(CCC(=O)NC(=O)NC)C1COCC1C(=O)O. The summed E-state index contributed by atoms with van der Waals surface area (Å²) in [4.78, 5) is 35.5. The van der Waals surface area contributed by atoms with Gasteiger partial charge in [-0.05, 0) is 6.54 Å². The molecule has 0 spiro atoms. The van der Waals surface area contributed by atoms with E-state index in [-0.39, 0.29) is 19.1 Å². The predicted molar refractivity (Wildman–Crippen MR) is 70.2 cm³/mol. The van der Waals surface area contributed by atoms with Crippen molar-refractivity contribution in [2.75, 3.05) is 33.4 Å². The maximum absolute atomic E-state index is 11.5. The highest BCUT2D eigenvalue weighted by Crippen LogP contribution is 2.20. The number of rotatable bonds is 6. The van der Waals surface area contributed by atoms with Crippen LogP contribution in [-0.4, -0.2) is 67.3 Å². The summed E-state index contributed by atoms with van der Waals surface area (Å²) in [6.45, 7) is 3.44. The Morgan fingerprint density at radius 1 is 1.35 bits per heavy atom. The van der Waals surface area contributed by atoms with Gasteiger partial charge in [0.05, 0.1) is 19.1 Å². The van der Waals surface area contributed by atoms with Gasteiger partial charge < -0.3 is 15.2 Å². The molecule has 0 aromatic heterocycles. The van der Waals surface area contributed by atoms with E-state index in [0.717, 1.165) is 0 Å². The summed E-state index contributed by atoms with van der Waals surface area (Å²) in [7, 11) is 1.42.